The summed E-state index contributed by atoms with van der Waals surface area (Å²) in [4.78, 5) is 10.4. The van der Waals surface area contributed by atoms with Crippen LogP contribution in [0.15, 0.2) is 21.1 Å². The molecule has 11 heteroatoms. The smallest absolute Gasteiger partial charge is 0.271 e. The van der Waals surface area contributed by atoms with E-state index in [1.807, 2.05) is 12.1 Å². The van der Waals surface area contributed by atoms with Crippen molar-refractivity contribution in [2.24, 2.45) is 0 Å². The Hall–Kier alpha value is -1.55. The highest BCUT2D eigenvalue weighted by Gasteiger charge is 2.23. The average Bonchev–Trinajstić information content (AvgIpc) is 2.55. The maximum absolute atomic E-state index is 10.9. The maximum Gasteiger partial charge on any atom is 0.271 e. The Morgan fingerprint density at radius 1 is 0.960 bits per heavy atom. The van der Waals surface area contributed by atoms with Crippen LogP contribution in [0.4, 0.5) is 17.1 Å². The van der Waals surface area contributed by atoms with Gasteiger partial charge in [0.05, 0.1) is 42.5 Å². The van der Waals surface area contributed by atoms with Gasteiger partial charge >= 0.3 is 0 Å². The Kier molecular flexibility index (Phi) is 6.15. The van der Waals surface area contributed by atoms with Gasteiger partial charge in [0.2, 0.25) is 0 Å². The lowest BCUT2D eigenvalue weighted by Gasteiger charge is -2.16. The number of nitrogens with zero attached hydrogens (tertiary/aromatic N) is 3. The number of hydrogen-bond acceptors (Lipinski definition) is 5. The lowest BCUT2D eigenvalue weighted by atomic mass is 10.1. The minimum atomic E-state index is -0.556. The molecule has 25 heavy (non-hydrogen) atoms. The predicted molar refractivity (Wildman–Crippen MR) is 103 cm³/mol. The number of rotatable bonds is 3. The topological polar surface area (TPSA) is 103 Å². The van der Waals surface area contributed by atoms with E-state index in [4.69, 9.17) is 34.8 Å². The van der Waals surface area contributed by atoms with E-state index in [2.05, 4.69) is 37.2 Å². The highest BCUT2D eigenvalue weighted by molar-refractivity contribution is 9.11. The highest BCUT2D eigenvalue weighted by atomic mass is 79.9. The quantitative estimate of drug-likeness (QED) is 0.278. The van der Waals surface area contributed by atoms with E-state index >= 15 is 0 Å². The minimum Gasteiger partial charge on any atom is -0.351 e. The second-order valence-electron chi connectivity index (χ2n) is 4.46. The fourth-order valence-electron chi connectivity index (χ4n) is 1.89. The SMILES string of the molecule is N#Cc1c(Cl)c(Cl)c(C#N)c(Nc2c(Br)cc([N+](=O)[O-])cc2Br)c1Cl. The molecule has 1 N–H and O–H groups in total. The molecule has 0 fully saturated rings. The van der Waals surface area contributed by atoms with Gasteiger partial charge < -0.3 is 5.32 Å². The van der Waals surface area contributed by atoms with E-state index in [0.717, 1.165) is 0 Å². The second-order valence-corrected chi connectivity index (χ2v) is 7.30. The molecule has 0 atom stereocenters. The van der Waals surface area contributed by atoms with Crippen molar-refractivity contribution in [2.45, 2.75) is 0 Å². The normalized spacial score (nSPS) is 10.0. The molecule has 0 bridgehead atoms. The van der Waals surface area contributed by atoms with E-state index in [1.165, 1.54) is 12.1 Å². The molecule has 2 rings (SSSR count). The summed E-state index contributed by atoms with van der Waals surface area (Å²) in [5.74, 6) is 0. The monoisotopic (exact) mass is 522 g/mol. The van der Waals surface area contributed by atoms with Crippen molar-refractivity contribution >= 4 is 83.7 Å². The van der Waals surface area contributed by atoms with Crippen LogP contribution in [0.2, 0.25) is 15.1 Å². The summed E-state index contributed by atoms with van der Waals surface area (Å²) in [7, 11) is 0. The van der Waals surface area contributed by atoms with Crippen LogP contribution in [-0.2, 0) is 0 Å². The summed E-state index contributed by atoms with van der Waals surface area (Å²) in [5, 5.41) is 32.0. The number of nitro benzene ring substituents is 1. The zero-order valence-electron chi connectivity index (χ0n) is 11.7. The first kappa shape index (κ1) is 19.8. The highest BCUT2D eigenvalue weighted by Crippen LogP contribution is 2.44. The van der Waals surface area contributed by atoms with Crippen LogP contribution in [0.25, 0.3) is 0 Å². The number of halogens is 5. The molecule has 0 aliphatic carbocycles. The van der Waals surface area contributed by atoms with Gasteiger partial charge in [-0.15, -0.1) is 0 Å². The molecule has 0 saturated carbocycles. The van der Waals surface area contributed by atoms with Crippen molar-refractivity contribution in [1.82, 2.24) is 0 Å². The number of nitrogens with one attached hydrogen (secondary N) is 1. The summed E-state index contributed by atoms with van der Waals surface area (Å²) in [5.41, 5.74) is 0.108. The van der Waals surface area contributed by atoms with Crippen LogP contribution in [0, 0.1) is 32.8 Å². The van der Waals surface area contributed by atoms with Gasteiger partial charge in [-0.25, -0.2) is 0 Å². The van der Waals surface area contributed by atoms with Gasteiger partial charge in [0.1, 0.15) is 12.1 Å². The Bertz CT molecular complexity index is 976. The fraction of sp³-hybridized carbons (Fsp3) is 0. The molecule has 0 amide bonds. The summed E-state index contributed by atoms with van der Waals surface area (Å²) in [6, 6.07) is 6.25. The van der Waals surface area contributed by atoms with Gasteiger partial charge in [-0.3, -0.25) is 10.1 Å². The first-order chi connectivity index (χ1) is 11.7. The molecule has 0 aliphatic rings. The molecule has 0 aromatic heterocycles. The van der Waals surface area contributed by atoms with Crippen molar-refractivity contribution in [1.29, 1.82) is 10.5 Å². The van der Waals surface area contributed by atoms with E-state index in [0.29, 0.717) is 14.6 Å². The molecule has 126 valence electrons. The number of benzene rings is 2. The van der Waals surface area contributed by atoms with E-state index in [9.17, 15) is 20.6 Å². The third kappa shape index (κ3) is 3.69. The van der Waals surface area contributed by atoms with Gasteiger partial charge in [-0.05, 0) is 31.9 Å². The Balaban J connectivity index is 2.71. The Morgan fingerprint density at radius 3 is 1.88 bits per heavy atom. The molecule has 0 aliphatic heterocycles. The third-order valence-corrected chi connectivity index (χ3v) is 5.51. The zero-order valence-corrected chi connectivity index (χ0v) is 17.1. The van der Waals surface area contributed by atoms with E-state index < -0.39 is 4.92 Å². The molecule has 0 spiro atoms. The second kappa shape index (κ2) is 7.77. The zero-order chi connectivity index (χ0) is 18.9. The Morgan fingerprint density at radius 2 is 1.44 bits per heavy atom. The van der Waals surface area contributed by atoms with E-state index in [1.54, 1.807) is 0 Å². The molecular weight excluding hydrogens is 522 g/mol. The third-order valence-electron chi connectivity index (χ3n) is 3.03. The van der Waals surface area contributed by atoms with Gasteiger partial charge in [-0.2, -0.15) is 10.5 Å². The lowest BCUT2D eigenvalue weighted by molar-refractivity contribution is -0.385. The molecular formula is C14H3Br2Cl3N4O2. The van der Waals surface area contributed by atoms with E-state index in [-0.39, 0.29) is 37.6 Å². The molecule has 0 saturated heterocycles. The number of nitriles is 2. The van der Waals surface area contributed by atoms with Gasteiger partial charge in [-0.1, -0.05) is 34.8 Å². The van der Waals surface area contributed by atoms with Crippen LogP contribution in [0.1, 0.15) is 11.1 Å². The summed E-state index contributed by atoms with van der Waals surface area (Å²) in [6.45, 7) is 0. The number of hydrogen-bond donors (Lipinski definition) is 1. The first-order valence-electron chi connectivity index (χ1n) is 6.14. The first-order valence-corrected chi connectivity index (χ1v) is 8.86. The van der Waals surface area contributed by atoms with Crippen molar-refractivity contribution in [3.63, 3.8) is 0 Å². The summed E-state index contributed by atoms with van der Waals surface area (Å²) >= 11 is 24.6. The largest absolute Gasteiger partial charge is 0.351 e. The fourth-order valence-corrected chi connectivity index (χ4v) is 4.04. The average molecular weight is 525 g/mol. The molecule has 2 aromatic rings. The van der Waals surface area contributed by atoms with Crippen LogP contribution >= 0.6 is 66.7 Å². The molecule has 0 heterocycles. The summed E-state index contributed by atoms with van der Waals surface area (Å²) in [6.07, 6.45) is 0. The predicted octanol–water partition coefficient (Wildman–Crippen LogP) is 6.57. The van der Waals surface area contributed by atoms with Crippen molar-refractivity contribution in [2.75, 3.05) is 5.32 Å². The molecule has 6 nitrogen and oxygen atoms in total. The van der Waals surface area contributed by atoms with Crippen molar-refractivity contribution < 1.29 is 4.92 Å². The van der Waals surface area contributed by atoms with Crippen molar-refractivity contribution in [3.8, 4) is 12.1 Å². The van der Waals surface area contributed by atoms with Crippen LogP contribution in [0.5, 0.6) is 0 Å². The van der Waals surface area contributed by atoms with Crippen LogP contribution in [0.3, 0.4) is 0 Å². The molecule has 2 aromatic carbocycles. The molecule has 0 radical (unpaired) electrons. The molecule has 0 unspecified atom stereocenters. The minimum absolute atomic E-state index is 0.0605. The van der Waals surface area contributed by atoms with Gasteiger partial charge in [0.15, 0.2) is 0 Å². The number of non-ortho nitro benzene ring substituents is 1. The van der Waals surface area contributed by atoms with Crippen LogP contribution < -0.4 is 5.32 Å². The standard InChI is InChI=1S/C14H3Br2Cl3N4O2/c15-8-1-5(23(24)25)2-9(16)14(8)22-13-7(4-21)11(18)10(17)6(3-20)12(13)19/h1-2,22H. The van der Waals surface area contributed by atoms with Gasteiger partial charge in [0.25, 0.3) is 5.69 Å². The summed E-state index contributed by atoms with van der Waals surface area (Å²) < 4.78 is 0.663. The Labute approximate surface area is 173 Å². The maximum atomic E-state index is 10.9. The number of anilines is 2. The number of nitro groups is 1. The van der Waals surface area contributed by atoms with Crippen molar-refractivity contribution in [3.05, 3.63) is 57.4 Å². The van der Waals surface area contributed by atoms with Crippen LogP contribution in [-0.4, -0.2) is 4.92 Å². The van der Waals surface area contributed by atoms with Gasteiger partial charge in [0, 0.05) is 21.1 Å². The lowest BCUT2D eigenvalue weighted by Crippen LogP contribution is -2.01.